The lowest BCUT2D eigenvalue weighted by atomic mass is 9.89. The van der Waals surface area contributed by atoms with Crippen LogP contribution in [0.4, 0.5) is 0 Å². The minimum absolute atomic E-state index is 0.0652. The number of fused-ring (bicyclic) bond motifs is 1. The Morgan fingerprint density at radius 3 is 2.82 bits per heavy atom. The molecule has 2 saturated heterocycles. The summed E-state index contributed by atoms with van der Waals surface area (Å²) in [5.41, 5.74) is 0. The Kier molecular flexibility index (Phi) is 3.42. The predicted octanol–water partition coefficient (Wildman–Crippen LogP) is 1.22. The summed E-state index contributed by atoms with van der Waals surface area (Å²) in [7, 11) is 0. The average Bonchev–Trinajstić information content (AvgIpc) is 2.89. The number of nitrogens with zero attached hydrogens (tertiary/aromatic N) is 1. The van der Waals surface area contributed by atoms with Crippen LogP contribution in [0.2, 0.25) is 0 Å². The highest BCUT2D eigenvalue weighted by Gasteiger charge is 2.46. The van der Waals surface area contributed by atoms with Crippen molar-refractivity contribution in [1.29, 1.82) is 0 Å². The van der Waals surface area contributed by atoms with E-state index in [2.05, 4.69) is 17.1 Å². The Morgan fingerprint density at radius 2 is 2.06 bits per heavy atom. The Hall–Kier alpha value is -0.120. The van der Waals surface area contributed by atoms with Crippen LogP contribution in [-0.4, -0.2) is 47.8 Å². The van der Waals surface area contributed by atoms with Gasteiger partial charge in [0.25, 0.3) is 0 Å². The van der Waals surface area contributed by atoms with E-state index < -0.39 is 0 Å². The first-order chi connectivity index (χ1) is 8.31. The molecule has 98 valence electrons. The molecule has 3 nitrogen and oxygen atoms in total. The number of aliphatic hydroxyl groups excluding tert-OH is 1. The SMILES string of the molecule is CCC1C2CNCC2CN1C1CCCCC1O. The summed E-state index contributed by atoms with van der Waals surface area (Å²) >= 11 is 0. The van der Waals surface area contributed by atoms with Gasteiger partial charge in [-0.25, -0.2) is 0 Å². The zero-order chi connectivity index (χ0) is 11.8. The van der Waals surface area contributed by atoms with Crippen molar-refractivity contribution in [3.63, 3.8) is 0 Å². The van der Waals surface area contributed by atoms with Crippen LogP contribution in [0.25, 0.3) is 0 Å². The number of hydrogen-bond acceptors (Lipinski definition) is 3. The molecule has 0 radical (unpaired) electrons. The first-order valence-corrected chi connectivity index (χ1v) is 7.45. The molecule has 0 amide bonds. The van der Waals surface area contributed by atoms with Gasteiger partial charge < -0.3 is 10.4 Å². The monoisotopic (exact) mass is 238 g/mol. The van der Waals surface area contributed by atoms with Crippen LogP contribution >= 0.6 is 0 Å². The Labute approximate surface area is 105 Å². The highest BCUT2D eigenvalue weighted by Crippen LogP contribution is 2.38. The molecule has 17 heavy (non-hydrogen) atoms. The van der Waals surface area contributed by atoms with Crippen LogP contribution in [0.5, 0.6) is 0 Å². The molecule has 0 aromatic heterocycles. The van der Waals surface area contributed by atoms with Crippen LogP contribution in [-0.2, 0) is 0 Å². The molecule has 0 aromatic carbocycles. The van der Waals surface area contributed by atoms with Crippen LogP contribution in [0.1, 0.15) is 39.0 Å². The second-order valence-corrected chi connectivity index (χ2v) is 6.17. The van der Waals surface area contributed by atoms with Crippen molar-refractivity contribution in [2.45, 2.75) is 57.2 Å². The van der Waals surface area contributed by atoms with Gasteiger partial charge in [0.05, 0.1) is 6.10 Å². The van der Waals surface area contributed by atoms with Crippen LogP contribution < -0.4 is 5.32 Å². The molecule has 3 aliphatic rings. The molecule has 2 N–H and O–H groups in total. The first kappa shape index (κ1) is 11.9. The van der Waals surface area contributed by atoms with E-state index in [1.54, 1.807) is 0 Å². The lowest BCUT2D eigenvalue weighted by Gasteiger charge is -2.39. The molecule has 5 unspecified atom stereocenters. The molecule has 3 heteroatoms. The van der Waals surface area contributed by atoms with Crippen molar-refractivity contribution < 1.29 is 5.11 Å². The lowest BCUT2D eigenvalue weighted by molar-refractivity contribution is 0.00744. The molecule has 0 bridgehead atoms. The zero-order valence-electron chi connectivity index (χ0n) is 10.9. The maximum absolute atomic E-state index is 10.2. The molecule has 1 saturated carbocycles. The fourth-order valence-electron chi connectivity index (χ4n) is 4.45. The topological polar surface area (TPSA) is 35.5 Å². The fraction of sp³-hybridized carbons (Fsp3) is 1.00. The molecule has 3 rings (SSSR count). The van der Waals surface area contributed by atoms with Gasteiger partial charge in [0.2, 0.25) is 0 Å². The Bertz CT molecular complexity index is 269. The highest BCUT2D eigenvalue weighted by molar-refractivity contribution is 5.01. The number of rotatable bonds is 2. The number of nitrogens with one attached hydrogen (secondary N) is 1. The summed E-state index contributed by atoms with van der Waals surface area (Å²) in [6, 6.07) is 1.17. The molecule has 2 aliphatic heterocycles. The summed E-state index contributed by atoms with van der Waals surface area (Å²) in [6.07, 6.45) is 5.94. The molecule has 0 aromatic rings. The lowest BCUT2D eigenvalue weighted by Crippen LogP contribution is -2.49. The molecule has 1 aliphatic carbocycles. The predicted molar refractivity (Wildman–Crippen MR) is 68.9 cm³/mol. The Morgan fingerprint density at radius 1 is 1.24 bits per heavy atom. The molecule has 5 atom stereocenters. The molecule has 0 spiro atoms. The highest BCUT2D eigenvalue weighted by atomic mass is 16.3. The molecule has 3 fully saturated rings. The van der Waals surface area contributed by atoms with Crippen LogP contribution in [0, 0.1) is 11.8 Å². The normalized spacial score (nSPS) is 47.3. The maximum atomic E-state index is 10.2. The van der Waals surface area contributed by atoms with Gasteiger partial charge in [0, 0.05) is 18.6 Å². The van der Waals surface area contributed by atoms with Crippen molar-refractivity contribution in [2.75, 3.05) is 19.6 Å². The van der Waals surface area contributed by atoms with Gasteiger partial charge in [-0.15, -0.1) is 0 Å². The number of hydrogen-bond donors (Lipinski definition) is 2. The summed E-state index contributed by atoms with van der Waals surface area (Å²) in [5, 5.41) is 13.8. The fourth-order valence-corrected chi connectivity index (χ4v) is 4.45. The van der Waals surface area contributed by atoms with E-state index in [9.17, 15) is 5.11 Å². The van der Waals surface area contributed by atoms with E-state index in [4.69, 9.17) is 0 Å². The van der Waals surface area contributed by atoms with E-state index in [0.717, 1.165) is 18.3 Å². The van der Waals surface area contributed by atoms with E-state index in [-0.39, 0.29) is 6.10 Å². The smallest absolute Gasteiger partial charge is 0.0695 e. The summed E-state index contributed by atoms with van der Waals surface area (Å²) < 4.78 is 0. The van der Waals surface area contributed by atoms with Gasteiger partial charge in [-0.1, -0.05) is 19.8 Å². The van der Waals surface area contributed by atoms with E-state index in [1.165, 1.54) is 45.3 Å². The van der Waals surface area contributed by atoms with Crippen molar-refractivity contribution in [2.24, 2.45) is 11.8 Å². The van der Waals surface area contributed by atoms with Gasteiger partial charge in [-0.2, -0.15) is 0 Å². The van der Waals surface area contributed by atoms with E-state index in [1.807, 2.05) is 0 Å². The van der Waals surface area contributed by atoms with E-state index in [0.29, 0.717) is 12.1 Å². The number of likely N-dealkylation sites (tertiary alicyclic amines) is 1. The maximum Gasteiger partial charge on any atom is 0.0695 e. The van der Waals surface area contributed by atoms with Crippen LogP contribution in [0.15, 0.2) is 0 Å². The summed E-state index contributed by atoms with van der Waals surface area (Å²) in [4.78, 5) is 2.67. The quantitative estimate of drug-likeness (QED) is 0.759. The van der Waals surface area contributed by atoms with Gasteiger partial charge in [-0.05, 0) is 44.2 Å². The van der Waals surface area contributed by atoms with E-state index >= 15 is 0 Å². The van der Waals surface area contributed by atoms with Crippen molar-refractivity contribution in [3.05, 3.63) is 0 Å². The molecular formula is C14H26N2O. The second-order valence-electron chi connectivity index (χ2n) is 6.17. The van der Waals surface area contributed by atoms with Gasteiger partial charge in [-0.3, -0.25) is 4.90 Å². The third-order valence-corrected chi connectivity index (χ3v) is 5.30. The van der Waals surface area contributed by atoms with Crippen molar-refractivity contribution >= 4 is 0 Å². The minimum atomic E-state index is -0.0652. The van der Waals surface area contributed by atoms with Gasteiger partial charge in [0.15, 0.2) is 0 Å². The van der Waals surface area contributed by atoms with Gasteiger partial charge in [0.1, 0.15) is 0 Å². The molecule has 2 heterocycles. The van der Waals surface area contributed by atoms with Crippen molar-refractivity contribution in [1.82, 2.24) is 10.2 Å². The third-order valence-electron chi connectivity index (χ3n) is 5.30. The summed E-state index contributed by atoms with van der Waals surface area (Å²) in [5.74, 6) is 1.68. The van der Waals surface area contributed by atoms with Gasteiger partial charge >= 0.3 is 0 Å². The zero-order valence-corrected chi connectivity index (χ0v) is 10.9. The summed E-state index contributed by atoms with van der Waals surface area (Å²) in [6.45, 7) is 5.93. The third kappa shape index (κ3) is 2.02. The first-order valence-electron chi connectivity index (χ1n) is 7.45. The molecular weight excluding hydrogens is 212 g/mol. The Balaban J connectivity index is 1.73. The standard InChI is InChI=1S/C14H26N2O/c1-2-12-11-8-15-7-10(11)9-16(12)13-5-3-4-6-14(13)17/h10-15,17H,2-9H2,1H3. The second kappa shape index (κ2) is 4.87. The minimum Gasteiger partial charge on any atom is -0.391 e. The average molecular weight is 238 g/mol. The van der Waals surface area contributed by atoms with Crippen LogP contribution in [0.3, 0.4) is 0 Å². The number of aliphatic hydroxyl groups is 1. The largest absolute Gasteiger partial charge is 0.391 e. The van der Waals surface area contributed by atoms with Crippen molar-refractivity contribution in [3.8, 4) is 0 Å².